The fourth-order valence-electron chi connectivity index (χ4n) is 3.61. The van der Waals surface area contributed by atoms with Gasteiger partial charge in [0.25, 0.3) is 0 Å². The number of likely N-dealkylation sites (tertiary alicyclic amines) is 1. The number of hydrogen-bond acceptors (Lipinski definition) is 3. The maximum Gasteiger partial charge on any atom is 0.191 e. The van der Waals surface area contributed by atoms with Crippen LogP contribution in [-0.4, -0.2) is 42.6 Å². The average Bonchev–Trinajstić information content (AvgIpc) is 3.26. The molecule has 1 aromatic rings. The van der Waals surface area contributed by atoms with Gasteiger partial charge in [0.1, 0.15) is 0 Å². The first-order valence-electron chi connectivity index (χ1n) is 8.76. The Labute approximate surface area is 151 Å². The van der Waals surface area contributed by atoms with E-state index < -0.39 is 0 Å². The van der Waals surface area contributed by atoms with E-state index in [-0.39, 0.29) is 0 Å². The van der Waals surface area contributed by atoms with Crippen molar-refractivity contribution < 1.29 is 0 Å². The first kappa shape index (κ1) is 17.2. The maximum absolute atomic E-state index is 4.75. The summed E-state index contributed by atoms with van der Waals surface area (Å²) in [5.41, 5.74) is 0. The summed E-state index contributed by atoms with van der Waals surface area (Å²) in [7, 11) is 0. The van der Waals surface area contributed by atoms with Gasteiger partial charge in [0, 0.05) is 46.4 Å². The van der Waals surface area contributed by atoms with Gasteiger partial charge in [-0.1, -0.05) is 12.8 Å². The number of aliphatic imine (C=N–C) groups is 1. The van der Waals surface area contributed by atoms with Gasteiger partial charge in [0.05, 0.1) is 6.54 Å². The SMILES string of the molecule is CCNC(=NCc1cc(Br)cs1)NC1CCN(C2CCCC2)C1. The van der Waals surface area contributed by atoms with Crippen molar-refractivity contribution in [3.63, 3.8) is 0 Å². The predicted octanol–water partition coefficient (Wildman–Crippen LogP) is 3.58. The van der Waals surface area contributed by atoms with E-state index in [1.54, 1.807) is 11.3 Å². The molecule has 0 bridgehead atoms. The predicted molar refractivity (Wildman–Crippen MR) is 102 cm³/mol. The molecule has 1 aromatic heterocycles. The highest BCUT2D eigenvalue weighted by molar-refractivity contribution is 9.10. The standard InChI is InChI=1S/C17H27BrN4S/c1-2-19-17(20-10-16-9-13(18)12-23-16)21-14-7-8-22(11-14)15-5-3-4-6-15/h9,12,14-15H,2-8,10-11H2,1H3,(H2,19,20,21). The molecule has 128 valence electrons. The van der Waals surface area contributed by atoms with Crippen molar-refractivity contribution in [3.05, 3.63) is 20.8 Å². The van der Waals surface area contributed by atoms with Crippen LogP contribution in [0, 0.1) is 0 Å². The molecule has 1 aliphatic carbocycles. The van der Waals surface area contributed by atoms with Crippen LogP contribution < -0.4 is 10.6 Å². The second-order valence-electron chi connectivity index (χ2n) is 6.49. The number of halogens is 1. The second kappa shape index (κ2) is 8.49. The molecule has 2 heterocycles. The summed E-state index contributed by atoms with van der Waals surface area (Å²) in [5, 5.41) is 9.13. The fourth-order valence-corrected chi connectivity index (χ4v) is 4.99. The van der Waals surface area contributed by atoms with Crippen LogP contribution in [0.4, 0.5) is 0 Å². The van der Waals surface area contributed by atoms with Crippen LogP contribution in [0.2, 0.25) is 0 Å². The van der Waals surface area contributed by atoms with Crippen molar-refractivity contribution in [1.82, 2.24) is 15.5 Å². The molecule has 1 saturated carbocycles. The molecule has 1 saturated heterocycles. The van der Waals surface area contributed by atoms with Crippen LogP contribution >= 0.6 is 27.3 Å². The third-order valence-electron chi connectivity index (χ3n) is 4.76. The molecule has 1 unspecified atom stereocenters. The Hall–Kier alpha value is -0.590. The van der Waals surface area contributed by atoms with Gasteiger partial charge < -0.3 is 10.6 Å². The summed E-state index contributed by atoms with van der Waals surface area (Å²) in [6.07, 6.45) is 6.85. The summed E-state index contributed by atoms with van der Waals surface area (Å²) >= 11 is 5.26. The van der Waals surface area contributed by atoms with Gasteiger partial charge in [-0.05, 0) is 48.2 Å². The number of rotatable bonds is 5. The number of hydrogen-bond donors (Lipinski definition) is 2. The van der Waals surface area contributed by atoms with Crippen molar-refractivity contribution in [1.29, 1.82) is 0 Å². The highest BCUT2D eigenvalue weighted by Crippen LogP contribution is 2.26. The van der Waals surface area contributed by atoms with Crippen LogP contribution in [0.5, 0.6) is 0 Å². The van der Waals surface area contributed by atoms with Crippen LogP contribution in [-0.2, 0) is 6.54 Å². The van der Waals surface area contributed by atoms with E-state index in [0.29, 0.717) is 6.04 Å². The highest BCUT2D eigenvalue weighted by atomic mass is 79.9. The molecular formula is C17H27BrN4S. The van der Waals surface area contributed by atoms with E-state index >= 15 is 0 Å². The van der Waals surface area contributed by atoms with E-state index in [2.05, 4.69) is 49.8 Å². The number of nitrogens with one attached hydrogen (secondary N) is 2. The summed E-state index contributed by atoms with van der Waals surface area (Å²) in [6, 6.07) is 3.52. The molecule has 23 heavy (non-hydrogen) atoms. The molecule has 0 radical (unpaired) electrons. The van der Waals surface area contributed by atoms with Crippen LogP contribution in [0.3, 0.4) is 0 Å². The average molecular weight is 399 g/mol. The molecule has 6 heteroatoms. The van der Waals surface area contributed by atoms with Crippen LogP contribution in [0.1, 0.15) is 43.9 Å². The van der Waals surface area contributed by atoms with E-state index in [4.69, 9.17) is 4.99 Å². The lowest BCUT2D eigenvalue weighted by atomic mass is 10.2. The first-order chi connectivity index (χ1) is 11.2. The largest absolute Gasteiger partial charge is 0.357 e. The van der Waals surface area contributed by atoms with E-state index in [1.165, 1.54) is 50.1 Å². The molecule has 0 spiro atoms. The Morgan fingerprint density at radius 1 is 1.39 bits per heavy atom. The van der Waals surface area contributed by atoms with Gasteiger partial charge in [0.15, 0.2) is 5.96 Å². The van der Waals surface area contributed by atoms with Crippen molar-refractivity contribution in [2.75, 3.05) is 19.6 Å². The zero-order chi connectivity index (χ0) is 16.1. The van der Waals surface area contributed by atoms with E-state index in [1.807, 2.05) is 0 Å². The lowest BCUT2D eigenvalue weighted by Gasteiger charge is -2.24. The van der Waals surface area contributed by atoms with Gasteiger partial charge in [-0.2, -0.15) is 0 Å². The Morgan fingerprint density at radius 3 is 2.91 bits per heavy atom. The molecule has 1 aliphatic heterocycles. The van der Waals surface area contributed by atoms with E-state index in [0.717, 1.165) is 29.6 Å². The van der Waals surface area contributed by atoms with Gasteiger partial charge >= 0.3 is 0 Å². The molecule has 2 fully saturated rings. The molecule has 0 amide bonds. The number of guanidine groups is 1. The van der Waals surface area contributed by atoms with Gasteiger partial charge in [-0.25, -0.2) is 4.99 Å². The van der Waals surface area contributed by atoms with Gasteiger partial charge in [-0.15, -0.1) is 11.3 Å². The summed E-state index contributed by atoms with van der Waals surface area (Å²) in [5.74, 6) is 0.954. The minimum Gasteiger partial charge on any atom is -0.357 e. The fraction of sp³-hybridized carbons (Fsp3) is 0.706. The number of thiophene rings is 1. The number of nitrogens with zero attached hydrogens (tertiary/aromatic N) is 2. The summed E-state index contributed by atoms with van der Waals surface area (Å²) in [6.45, 7) is 6.17. The summed E-state index contributed by atoms with van der Waals surface area (Å²) in [4.78, 5) is 8.72. The Kier molecular flexibility index (Phi) is 6.36. The lowest BCUT2D eigenvalue weighted by Crippen LogP contribution is -2.45. The van der Waals surface area contributed by atoms with Gasteiger partial charge in [-0.3, -0.25) is 4.90 Å². The molecule has 0 aromatic carbocycles. The zero-order valence-corrected chi connectivity index (χ0v) is 16.3. The van der Waals surface area contributed by atoms with E-state index in [9.17, 15) is 0 Å². The van der Waals surface area contributed by atoms with Crippen molar-refractivity contribution in [2.45, 2.75) is 57.7 Å². The third-order valence-corrected chi connectivity index (χ3v) is 6.44. The topological polar surface area (TPSA) is 39.7 Å². The van der Waals surface area contributed by atoms with Gasteiger partial charge in [0.2, 0.25) is 0 Å². The monoisotopic (exact) mass is 398 g/mol. The molecule has 2 N–H and O–H groups in total. The Bertz CT molecular complexity index is 524. The second-order valence-corrected chi connectivity index (χ2v) is 8.40. The Morgan fingerprint density at radius 2 is 2.22 bits per heavy atom. The molecule has 4 nitrogen and oxygen atoms in total. The first-order valence-corrected chi connectivity index (χ1v) is 10.4. The molecule has 1 atom stereocenters. The van der Waals surface area contributed by atoms with Crippen molar-refractivity contribution >= 4 is 33.2 Å². The molecule has 3 rings (SSSR count). The normalized spacial score (nSPS) is 23.6. The summed E-state index contributed by atoms with van der Waals surface area (Å²) < 4.78 is 1.15. The Balaban J connectivity index is 1.52. The maximum atomic E-state index is 4.75. The third kappa shape index (κ3) is 4.94. The zero-order valence-electron chi connectivity index (χ0n) is 13.9. The highest BCUT2D eigenvalue weighted by Gasteiger charge is 2.30. The van der Waals surface area contributed by atoms with Crippen molar-refractivity contribution in [3.8, 4) is 0 Å². The lowest BCUT2D eigenvalue weighted by molar-refractivity contribution is 0.242. The van der Waals surface area contributed by atoms with Crippen LogP contribution in [0.25, 0.3) is 0 Å². The minimum absolute atomic E-state index is 0.531. The molecular weight excluding hydrogens is 372 g/mol. The quantitative estimate of drug-likeness (QED) is 0.587. The smallest absolute Gasteiger partial charge is 0.191 e. The molecule has 2 aliphatic rings. The van der Waals surface area contributed by atoms with Crippen LogP contribution in [0.15, 0.2) is 20.9 Å². The van der Waals surface area contributed by atoms with Crippen molar-refractivity contribution in [2.24, 2.45) is 4.99 Å². The minimum atomic E-state index is 0.531.